The topological polar surface area (TPSA) is 89.3 Å². The fourth-order valence-electron chi connectivity index (χ4n) is 1.10. The van der Waals surface area contributed by atoms with Gasteiger partial charge in [0, 0.05) is 12.1 Å². The molecule has 7 heteroatoms. The van der Waals surface area contributed by atoms with Crippen LogP contribution < -0.4 is 4.72 Å². The Morgan fingerprint density at radius 3 is 2.41 bits per heavy atom. The first-order chi connectivity index (χ1) is 7.74. The fraction of sp³-hybridized carbons (Fsp3) is 0.400. The van der Waals surface area contributed by atoms with Crippen molar-refractivity contribution in [3.63, 3.8) is 0 Å². The van der Waals surface area contributed by atoms with Gasteiger partial charge in [0.25, 0.3) is 5.69 Å². The van der Waals surface area contributed by atoms with E-state index in [1.54, 1.807) is 6.92 Å². The van der Waals surface area contributed by atoms with Gasteiger partial charge >= 0.3 is 0 Å². The molecule has 0 bridgehead atoms. The predicted octanol–water partition coefficient (Wildman–Crippen LogP) is 2.05. The third-order valence-electron chi connectivity index (χ3n) is 2.30. The Morgan fingerprint density at radius 1 is 1.35 bits per heavy atom. The summed E-state index contributed by atoms with van der Waals surface area (Å²) in [5.41, 5.74) is 0.741. The van der Waals surface area contributed by atoms with Crippen LogP contribution in [0.25, 0.3) is 0 Å². The molecule has 0 radical (unpaired) electrons. The van der Waals surface area contributed by atoms with Crippen molar-refractivity contribution >= 4 is 21.4 Å². The van der Waals surface area contributed by atoms with Crippen LogP contribution in [0.15, 0.2) is 18.2 Å². The Balaban J connectivity index is 3.15. The summed E-state index contributed by atoms with van der Waals surface area (Å²) in [6.45, 7) is 4.76. The monoisotopic (exact) mass is 258 g/mol. The lowest BCUT2D eigenvalue weighted by molar-refractivity contribution is -0.384. The second kappa shape index (κ2) is 4.70. The minimum Gasteiger partial charge on any atom is -0.283 e. The van der Waals surface area contributed by atoms with Crippen LogP contribution in [0.5, 0.6) is 0 Å². The second-order valence-corrected chi connectivity index (χ2v) is 6.19. The Kier molecular flexibility index (Phi) is 3.72. The number of nitrogens with one attached hydrogen (secondary N) is 1. The molecule has 0 aromatic heterocycles. The van der Waals surface area contributed by atoms with E-state index < -0.39 is 20.2 Å². The lowest BCUT2D eigenvalue weighted by Crippen LogP contribution is -2.22. The smallest absolute Gasteiger partial charge is 0.271 e. The summed E-state index contributed by atoms with van der Waals surface area (Å²) in [6, 6.07) is 4.06. The predicted molar refractivity (Wildman–Crippen MR) is 65.5 cm³/mol. The normalized spacial score (nSPS) is 11.5. The molecular formula is C10H14N2O4S. The van der Waals surface area contributed by atoms with E-state index in [0.717, 1.165) is 0 Å². The van der Waals surface area contributed by atoms with Crippen LogP contribution in [-0.2, 0) is 10.0 Å². The lowest BCUT2D eigenvalue weighted by Gasteiger charge is -2.12. The molecule has 1 aromatic carbocycles. The van der Waals surface area contributed by atoms with Gasteiger partial charge in [-0.1, -0.05) is 6.07 Å². The molecular weight excluding hydrogens is 244 g/mol. The fourth-order valence-corrected chi connectivity index (χ4v) is 1.87. The first-order valence-corrected chi connectivity index (χ1v) is 6.55. The van der Waals surface area contributed by atoms with Crippen molar-refractivity contribution < 1.29 is 13.3 Å². The van der Waals surface area contributed by atoms with Crippen LogP contribution in [-0.4, -0.2) is 18.6 Å². The number of nitro benzene ring substituents is 1. The van der Waals surface area contributed by atoms with E-state index in [0.29, 0.717) is 5.56 Å². The third-order valence-corrected chi connectivity index (χ3v) is 4.05. The molecule has 94 valence electrons. The second-order valence-electron chi connectivity index (χ2n) is 3.95. The molecule has 6 nitrogen and oxygen atoms in total. The highest BCUT2D eigenvalue weighted by atomic mass is 32.2. The van der Waals surface area contributed by atoms with Crippen molar-refractivity contribution in [3.8, 4) is 0 Å². The average Bonchev–Trinajstić information content (AvgIpc) is 2.20. The van der Waals surface area contributed by atoms with Crippen molar-refractivity contribution in [1.82, 2.24) is 0 Å². The maximum absolute atomic E-state index is 11.7. The number of non-ortho nitro benzene ring substituents is 1. The molecule has 0 spiro atoms. The Hall–Kier alpha value is -1.63. The molecule has 0 atom stereocenters. The molecule has 0 aliphatic rings. The Bertz CT molecular complexity index is 537. The zero-order valence-electron chi connectivity index (χ0n) is 9.80. The molecule has 0 aliphatic carbocycles. The van der Waals surface area contributed by atoms with E-state index in [2.05, 4.69) is 4.72 Å². The van der Waals surface area contributed by atoms with E-state index in [9.17, 15) is 18.5 Å². The zero-order chi connectivity index (χ0) is 13.2. The third kappa shape index (κ3) is 3.16. The maximum Gasteiger partial charge on any atom is 0.271 e. The Labute approximate surface area is 99.9 Å². The van der Waals surface area contributed by atoms with Crippen molar-refractivity contribution in [2.75, 3.05) is 4.72 Å². The number of nitrogens with zero attached hydrogens (tertiary/aromatic N) is 1. The van der Waals surface area contributed by atoms with Gasteiger partial charge in [-0.3, -0.25) is 14.8 Å². The molecule has 0 amide bonds. The van der Waals surface area contributed by atoms with Crippen LogP contribution in [0.2, 0.25) is 0 Å². The largest absolute Gasteiger partial charge is 0.283 e. The van der Waals surface area contributed by atoms with E-state index >= 15 is 0 Å². The standard InChI is InChI=1S/C10H14N2O4S/c1-7(2)17(15,16)11-10-6-9(12(13)14)5-4-8(10)3/h4-7,11H,1-3H3. The molecule has 0 fully saturated rings. The van der Waals surface area contributed by atoms with E-state index in [4.69, 9.17) is 0 Å². The number of nitro groups is 1. The number of sulfonamides is 1. The highest BCUT2D eigenvalue weighted by Gasteiger charge is 2.18. The molecule has 0 heterocycles. The summed E-state index contributed by atoms with van der Waals surface area (Å²) < 4.78 is 25.7. The summed E-state index contributed by atoms with van der Waals surface area (Å²) in [6.07, 6.45) is 0. The zero-order valence-corrected chi connectivity index (χ0v) is 10.6. The summed E-state index contributed by atoms with van der Waals surface area (Å²) in [7, 11) is -3.49. The van der Waals surface area contributed by atoms with E-state index in [1.165, 1.54) is 32.0 Å². The summed E-state index contributed by atoms with van der Waals surface area (Å²) >= 11 is 0. The van der Waals surface area contributed by atoms with Crippen molar-refractivity contribution in [1.29, 1.82) is 0 Å². The van der Waals surface area contributed by atoms with Crippen molar-refractivity contribution in [3.05, 3.63) is 33.9 Å². The van der Waals surface area contributed by atoms with Crippen LogP contribution in [0.1, 0.15) is 19.4 Å². The molecule has 0 saturated heterocycles. The van der Waals surface area contributed by atoms with Crippen LogP contribution in [0.4, 0.5) is 11.4 Å². The van der Waals surface area contributed by atoms with Crippen LogP contribution in [0, 0.1) is 17.0 Å². The molecule has 0 saturated carbocycles. The van der Waals surface area contributed by atoms with Gasteiger partial charge in [-0.05, 0) is 26.3 Å². The van der Waals surface area contributed by atoms with Gasteiger partial charge in [0.2, 0.25) is 10.0 Å². The molecule has 1 N–H and O–H groups in total. The molecule has 17 heavy (non-hydrogen) atoms. The summed E-state index contributed by atoms with van der Waals surface area (Å²) in [4.78, 5) is 10.0. The minimum absolute atomic E-state index is 0.142. The number of benzene rings is 1. The van der Waals surface area contributed by atoms with Crippen LogP contribution >= 0.6 is 0 Å². The van der Waals surface area contributed by atoms with Gasteiger partial charge in [0.15, 0.2) is 0 Å². The molecule has 1 rings (SSSR count). The number of hydrogen-bond donors (Lipinski definition) is 1. The van der Waals surface area contributed by atoms with E-state index in [-0.39, 0.29) is 11.4 Å². The average molecular weight is 258 g/mol. The maximum atomic E-state index is 11.7. The Morgan fingerprint density at radius 2 is 1.94 bits per heavy atom. The van der Waals surface area contributed by atoms with Gasteiger partial charge in [-0.15, -0.1) is 0 Å². The number of anilines is 1. The molecule has 0 unspecified atom stereocenters. The minimum atomic E-state index is -3.49. The first-order valence-electron chi connectivity index (χ1n) is 5.00. The molecule has 1 aromatic rings. The summed E-state index contributed by atoms with van der Waals surface area (Å²) in [5, 5.41) is 10.00. The highest BCUT2D eigenvalue weighted by molar-refractivity contribution is 7.93. The highest BCUT2D eigenvalue weighted by Crippen LogP contribution is 2.23. The van der Waals surface area contributed by atoms with Gasteiger partial charge in [0.05, 0.1) is 15.9 Å². The van der Waals surface area contributed by atoms with E-state index in [1.807, 2.05) is 0 Å². The van der Waals surface area contributed by atoms with Gasteiger partial charge in [-0.2, -0.15) is 0 Å². The lowest BCUT2D eigenvalue weighted by atomic mass is 10.2. The summed E-state index contributed by atoms with van der Waals surface area (Å²) in [5.74, 6) is 0. The van der Waals surface area contributed by atoms with Crippen molar-refractivity contribution in [2.45, 2.75) is 26.0 Å². The van der Waals surface area contributed by atoms with Gasteiger partial charge in [-0.25, -0.2) is 8.42 Å². The van der Waals surface area contributed by atoms with Gasteiger partial charge < -0.3 is 0 Å². The number of hydrogen-bond acceptors (Lipinski definition) is 4. The van der Waals surface area contributed by atoms with Gasteiger partial charge in [0.1, 0.15) is 0 Å². The van der Waals surface area contributed by atoms with Crippen LogP contribution in [0.3, 0.4) is 0 Å². The van der Waals surface area contributed by atoms with Crippen molar-refractivity contribution in [2.24, 2.45) is 0 Å². The quantitative estimate of drug-likeness (QED) is 0.661. The molecule has 0 aliphatic heterocycles. The first kappa shape index (κ1) is 13.4. The SMILES string of the molecule is Cc1ccc([N+](=O)[O-])cc1NS(=O)(=O)C(C)C. The number of rotatable bonds is 4. The number of aryl methyl sites for hydroxylation is 1.